The molecule has 0 saturated heterocycles. The second-order valence-electron chi connectivity index (χ2n) is 6.28. The Balaban J connectivity index is 1.56. The summed E-state index contributed by atoms with van der Waals surface area (Å²) in [5.74, 6) is -0.522. The maximum atomic E-state index is 12.5. The van der Waals surface area contributed by atoms with Gasteiger partial charge in [-0.05, 0) is 47.2 Å². The van der Waals surface area contributed by atoms with Crippen LogP contribution >= 0.6 is 0 Å². The molecule has 5 nitrogen and oxygen atoms in total. The molecule has 0 aliphatic carbocycles. The van der Waals surface area contributed by atoms with Crippen LogP contribution in [0, 0.1) is 0 Å². The molecule has 1 amide bonds. The Morgan fingerprint density at radius 1 is 0.897 bits per heavy atom. The summed E-state index contributed by atoms with van der Waals surface area (Å²) in [6, 6.07) is 16.0. The summed E-state index contributed by atoms with van der Waals surface area (Å²) in [6.07, 6.45) is -4.63. The fourth-order valence-electron chi connectivity index (χ4n) is 2.68. The zero-order valence-electron chi connectivity index (χ0n) is 15.0. The molecular weight excluding hydrogens is 405 g/mol. The van der Waals surface area contributed by atoms with E-state index in [1.54, 1.807) is 24.3 Å². The highest BCUT2D eigenvalue weighted by Gasteiger charge is 2.30. The van der Waals surface area contributed by atoms with Gasteiger partial charge in [-0.2, -0.15) is 13.2 Å². The van der Waals surface area contributed by atoms with E-state index in [2.05, 4.69) is 10.0 Å². The van der Waals surface area contributed by atoms with Gasteiger partial charge in [0.15, 0.2) is 0 Å². The highest BCUT2D eigenvalue weighted by molar-refractivity contribution is 7.89. The molecule has 0 aliphatic heterocycles. The van der Waals surface area contributed by atoms with Crippen LogP contribution in [-0.2, 0) is 21.0 Å². The lowest BCUT2D eigenvalue weighted by atomic mass is 10.1. The van der Waals surface area contributed by atoms with Crippen LogP contribution in [0.15, 0.2) is 71.6 Å². The van der Waals surface area contributed by atoms with Gasteiger partial charge in [0.2, 0.25) is 15.9 Å². The number of rotatable bonds is 6. The average molecular weight is 422 g/mol. The van der Waals surface area contributed by atoms with E-state index in [-0.39, 0.29) is 23.5 Å². The minimum Gasteiger partial charge on any atom is -0.326 e. The first-order chi connectivity index (χ1) is 13.6. The third-order valence-corrected chi connectivity index (χ3v) is 5.63. The Hall–Kier alpha value is -2.91. The topological polar surface area (TPSA) is 75.3 Å². The Kier molecular flexibility index (Phi) is 5.90. The van der Waals surface area contributed by atoms with Crippen LogP contribution in [0.4, 0.5) is 18.9 Å². The SMILES string of the molecule is O=C(CCNS(=O)(=O)c1ccc2ccccc2c1)Nc1ccc(C(F)(F)F)cc1. The predicted octanol–water partition coefficient (Wildman–Crippen LogP) is 4.17. The molecule has 3 aromatic rings. The Morgan fingerprint density at radius 3 is 2.21 bits per heavy atom. The van der Waals surface area contributed by atoms with Crippen molar-refractivity contribution >= 4 is 32.4 Å². The number of nitrogens with one attached hydrogen (secondary N) is 2. The van der Waals surface area contributed by atoms with E-state index in [1.165, 1.54) is 6.07 Å². The molecule has 29 heavy (non-hydrogen) atoms. The second kappa shape index (κ2) is 8.22. The Morgan fingerprint density at radius 2 is 1.55 bits per heavy atom. The number of sulfonamides is 1. The number of amides is 1. The van der Waals surface area contributed by atoms with Gasteiger partial charge in [-0.15, -0.1) is 0 Å². The molecule has 0 aromatic heterocycles. The summed E-state index contributed by atoms with van der Waals surface area (Å²) < 4.78 is 64.7. The fraction of sp³-hybridized carbons (Fsp3) is 0.150. The lowest BCUT2D eigenvalue weighted by molar-refractivity contribution is -0.137. The molecule has 0 spiro atoms. The van der Waals surface area contributed by atoms with Crippen molar-refractivity contribution in [1.82, 2.24) is 4.72 Å². The van der Waals surface area contributed by atoms with E-state index in [0.29, 0.717) is 0 Å². The van der Waals surface area contributed by atoms with Crippen LogP contribution in [0.5, 0.6) is 0 Å². The molecular formula is C20H17F3N2O3S. The van der Waals surface area contributed by atoms with Gasteiger partial charge < -0.3 is 5.32 Å². The van der Waals surface area contributed by atoms with E-state index < -0.39 is 27.7 Å². The van der Waals surface area contributed by atoms with Crippen molar-refractivity contribution < 1.29 is 26.4 Å². The summed E-state index contributed by atoms with van der Waals surface area (Å²) in [6.45, 7) is -0.151. The highest BCUT2D eigenvalue weighted by Crippen LogP contribution is 2.29. The summed E-state index contributed by atoms with van der Waals surface area (Å²) in [5.41, 5.74) is -0.626. The van der Waals surface area contributed by atoms with Gasteiger partial charge in [0, 0.05) is 18.7 Å². The van der Waals surface area contributed by atoms with Crippen molar-refractivity contribution in [2.45, 2.75) is 17.5 Å². The summed E-state index contributed by atoms with van der Waals surface area (Å²) in [7, 11) is -3.80. The minimum atomic E-state index is -4.45. The molecule has 3 rings (SSSR count). The van der Waals surface area contributed by atoms with Crippen molar-refractivity contribution in [2.75, 3.05) is 11.9 Å². The normalized spacial score (nSPS) is 12.1. The molecule has 0 heterocycles. The summed E-state index contributed by atoms with van der Waals surface area (Å²) in [4.78, 5) is 12.0. The van der Waals surface area contributed by atoms with Gasteiger partial charge >= 0.3 is 6.18 Å². The van der Waals surface area contributed by atoms with Crippen molar-refractivity contribution in [3.8, 4) is 0 Å². The van der Waals surface area contributed by atoms with E-state index in [9.17, 15) is 26.4 Å². The molecule has 0 radical (unpaired) electrons. The zero-order chi connectivity index (χ0) is 21.1. The zero-order valence-corrected chi connectivity index (χ0v) is 15.8. The number of carbonyl (C=O) groups excluding carboxylic acids is 1. The van der Waals surface area contributed by atoms with Crippen molar-refractivity contribution in [3.05, 3.63) is 72.3 Å². The lowest BCUT2D eigenvalue weighted by Gasteiger charge is -2.10. The number of anilines is 1. The lowest BCUT2D eigenvalue weighted by Crippen LogP contribution is -2.27. The van der Waals surface area contributed by atoms with Gasteiger partial charge in [-0.1, -0.05) is 30.3 Å². The van der Waals surface area contributed by atoms with Crippen LogP contribution in [0.3, 0.4) is 0 Å². The van der Waals surface area contributed by atoms with Crippen molar-refractivity contribution in [3.63, 3.8) is 0 Å². The van der Waals surface area contributed by atoms with Crippen molar-refractivity contribution in [1.29, 1.82) is 0 Å². The number of halogens is 3. The highest BCUT2D eigenvalue weighted by atomic mass is 32.2. The number of carbonyl (C=O) groups is 1. The molecule has 0 unspecified atom stereocenters. The molecule has 0 saturated carbocycles. The summed E-state index contributed by atoms with van der Waals surface area (Å²) >= 11 is 0. The largest absolute Gasteiger partial charge is 0.416 e. The Labute approximate surface area is 165 Å². The van der Waals surface area contributed by atoms with E-state index in [4.69, 9.17) is 0 Å². The van der Waals surface area contributed by atoms with Gasteiger partial charge in [0.05, 0.1) is 10.5 Å². The number of fused-ring (bicyclic) bond motifs is 1. The van der Waals surface area contributed by atoms with E-state index in [0.717, 1.165) is 35.0 Å². The van der Waals surface area contributed by atoms with Gasteiger partial charge in [0.25, 0.3) is 0 Å². The fourth-order valence-corrected chi connectivity index (χ4v) is 3.75. The van der Waals surface area contributed by atoms with Crippen LogP contribution < -0.4 is 10.0 Å². The predicted molar refractivity (Wildman–Crippen MR) is 104 cm³/mol. The number of alkyl halides is 3. The van der Waals surface area contributed by atoms with Crippen LogP contribution in [0.2, 0.25) is 0 Å². The van der Waals surface area contributed by atoms with Gasteiger partial charge in [-0.25, -0.2) is 13.1 Å². The van der Waals surface area contributed by atoms with E-state index in [1.807, 2.05) is 12.1 Å². The van der Waals surface area contributed by atoms with Gasteiger partial charge in [0.1, 0.15) is 0 Å². The van der Waals surface area contributed by atoms with Gasteiger partial charge in [-0.3, -0.25) is 4.79 Å². The molecule has 152 valence electrons. The number of benzene rings is 3. The molecule has 3 aromatic carbocycles. The van der Waals surface area contributed by atoms with E-state index >= 15 is 0 Å². The first-order valence-electron chi connectivity index (χ1n) is 8.61. The third kappa shape index (κ3) is 5.33. The monoisotopic (exact) mass is 422 g/mol. The maximum absolute atomic E-state index is 12.5. The second-order valence-corrected chi connectivity index (χ2v) is 8.05. The Bertz CT molecular complexity index is 1130. The smallest absolute Gasteiger partial charge is 0.326 e. The van der Waals surface area contributed by atoms with Crippen LogP contribution in [0.1, 0.15) is 12.0 Å². The standard InChI is InChI=1S/C20H17F3N2O3S/c21-20(22,23)16-6-8-17(9-7-16)25-19(26)11-12-24-29(27,28)18-10-5-14-3-1-2-4-15(14)13-18/h1-10,13,24H,11-12H2,(H,25,26). The average Bonchev–Trinajstić information content (AvgIpc) is 2.67. The molecule has 0 aliphatic rings. The van der Waals surface area contributed by atoms with Crippen LogP contribution in [0.25, 0.3) is 10.8 Å². The molecule has 9 heteroatoms. The molecule has 0 atom stereocenters. The first kappa shape index (κ1) is 20.8. The molecule has 2 N–H and O–H groups in total. The number of hydrogen-bond acceptors (Lipinski definition) is 3. The third-order valence-electron chi connectivity index (χ3n) is 4.17. The van der Waals surface area contributed by atoms with Crippen LogP contribution in [-0.4, -0.2) is 20.9 Å². The summed E-state index contributed by atoms with van der Waals surface area (Å²) in [5, 5.41) is 4.11. The molecule has 0 fully saturated rings. The quantitative estimate of drug-likeness (QED) is 0.626. The molecule has 0 bridgehead atoms. The maximum Gasteiger partial charge on any atom is 0.416 e. The van der Waals surface area contributed by atoms with Crippen molar-refractivity contribution in [2.24, 2.45) is 0 Å². The minimum absolute atomic E-state index is 0.0827. The number of hydrogen-bond donors (Lipinski definition) is 2. The first-order valence-corrected chi connectivity index (χ1v) is 10.1.